The summed E-state index contributed by atoms with van der Waals surface area (Å²) < 4.78 is 7.19. The lowest BCUT2D eigenvalue weighted by molar-refractivity contribution is 0.0628. The predicted molar refractivity (Wildman–Crippen MR) is 131 cm³/mol. The second-order valence-corrected chi connectivity index (χ2v) is 9.16. The Morgan fingerprint density at radius 3 is 2.55 bits per heavy atom. The quantitative estimate of drug-likeness (QED) is 0.376. The first-order valence-electron chi connectivity index (χ1n) is 8.94. The van der Waals surface area contributed by atoms with Gasteiger partial charge >= 0.3 is 6.09 Å². The molecule has 0 saturated carbocycles. The van der Waals surface area contributed by atoms with Crippen molar-refractivity contribution in [3.05, 3.63) is 66.4 Å². The SMILES string of the molecule is CNN(C(=O)OC)C(=O)c1cc(Br)cc(Br)c1NC(=O)c1cc(Br)nn1-c1ncccc1Cl. The number of rotatable bonds is 5. The fraction of sp³-hybridized carbons (Fsp3) is 0.105. The molecule has 0 aliphatic heterocycles. The molecule has 0 bridgehead atoms. The van der Waals surface area contributed by atoms with E-state index >= 15 is 0 Å². The summed E-state index contributed by atoms with van der Waals surface area (Å²) in [6.07, 6.45) is 0.586. The van der Waals surface area contributed by atoms with E-state index < -0.39 is 17.9 Å². The summed E-state index contributed by atoms with van der Waals surface area (Å²) in [5.41, 5.74) is 2.68. The number of carbonyl (C=O) groups is 3. The van der Waals surface area contributed by atoms with Crippen LogP contribution in [0.5, 0.6) is 0 Å². The molecule has 3 amide bonds. The van der Waals surface area contributed by atoms with E-state index in [1.165, 1.54) is 30.1 Å². The van der Waals surface area contributed by atoms with E-state index in [1.807, 2.05) is 0 Å². The molecule has 0 aliphatic carbocycles. The van der Waals surface area contributed by atoms with Gasteiger partial charge in [0.25, 0.3) is 11.8 Å². The molecule has 3 aromatic rings. The van der Waals surface area contributed by atoms with Gasteiger partial charge < -0.3 is 10.1 Å². The number of nitrogens with one attached hydrogen (secondary N) is 2. The Morgan fingerprint density at radius 2 is 1.91 bits per heavy atom. The van der Waals surface area contributed by atoms with Crippen LogP contribution in [0.4, 0.5) is 10.5 Å². The van der Waals surface area contributed by atoms with E-state index in [0.717, 1.165) is 7.11 Å². The normalized spacial score (nSPS) is 10.6. The molecular weight excluding hydrogens is 651 g/mol. The average Bonchev–Trinajstić information content (AvgIpc) is 3.17. The summed E-state index contributed by atoms with van der Waals surface area (Å²) in [5, 5.41) is 7.88. The van der Waals surface area contributed by atoms with Crippen LogP contribution in [-0.4, -0.2) is 51.8 Å². The van der Waals surface area contributed by atoms with Crippen molar-refractivity contribution >= 4 is 83.0 Å². The van der Waals surface area contributed by atoms with Gasteiger partial charge in [-0.1, -0.05) is 27.5 Å². The Balaban J connectivity index is 2.05. The van der Waals surface area contributed by atoms with Crippen molar-refractivity contribution in [3.63, 3.8) is 0 Å². The molecule has 0 aliphatic rings. The van der Waals surface area contributed by atoms with Crippen molar-refractivity contribution in [1.82, 2.24) is 25.2 Å². The number of carbonyl (C=O) groups excluding carboxylic acids is 3. The van der Waals surface area contributed by atoms with Crippen LogP contribution >= 0.6 is 59.4 Å². The van der Waals surface area contributed by atoms with Gasteiger partial charge in [-0.2, -0.15) is 10.1 Å². The standard InChI is InChI=1S/C19H14Br3ClN6O4/c1-24-29(19(32)33-2)18(31)10-6-9(20)7-11(21)15(10)26-17(30)13-8-14(22)27-28(13)16-12(23)4-3-5-25-16/h3-8,24H,1-2H3,(H,26,30). The van der Waals surface area contributed by atoms with Crippen molar-refractivity contribution in [2.24, 2.45) is 0 Å². The van der Waals surface area contributed by atoms with Crippen LogP contribution in [0.1, 0.15) is 20.8 Å². The average molecular weight is 666 g/mol. The second kappa shape index (κ2) is 10.7. The maximum absolute atomic E-state index is 13.2. The number of nitrogens with zero attached hydrogens (tertiary/aromatic N) is 4. The van der Waals surface area contributed by atoms with Crippen molar-refractivity contribution in [3.8, 4) is 5.82 Å². The number of ether oxygens (including phenoxy) is 1. The Bertz CT molecular complexity index is 1250. The van der Waals surface area contributed by atoms with Crippen LogP contribution in [0, 0.1) is 0 Å². The Morgan fingerprint density at radius 1 is 1.18 bits per heavy atom. The number of hydrogen-bond donors (Lipinski definition) is 2. The number of hydrogen-bond acceptors (Lipinski definition) is 7. The van der Waals surface area contributed by atoms with Gasteiger partial charge in [0.05, 0.1) is 23.4 Å². The zero-order chi connectivity index (χ0) is 24.3. The molecule has 0 unspecified atom stereocenters. The molecule has 0 radical (unpaired) electrons. The number of amides is 3. The Labute approximate surface area is 218 Å². The molecule has 0 saturated heterocycles. The second-order valence-electron chi connectivity index (χ2n) is 6.17. The lowest BCUT2D eigenvalue weighted by atomic mass is 10.1. The highest BCUT2D eigenvalue weighted by molar-refractivity contribution is 9.11. The van der Waals surface area contributed by atoms with E-state index in [0.29, 0.717) is 18.6 Å². The number of anilines is 1. The highest BCUT2D eigenvalue weighted by Gasteiger charge is 2.28. The third-order valence-electron chi connectivity index (χ3n) is 4.16. The minimum absolute atomic E-state index is 0.00495. The Kier molecular flexibility index (Phi) is 8.23. The van der Waals surface area contributed by atoms with Gasteiger partial charge in [0.15, 0.2) is 5.82 Å². The van der Waals surface area contributed by atoms with E-state index in [4.69, 9.17) is 11.6 Å². The molecule has 14 heteroatoms. The van der Waals surface area contributed by atoms with Gasteiger partial charge in [-0.3, -0.25) is 9.59 Å². The fourth-order valence-corrected chi connectivity index (χ4v) is 4.64. The first-order chi connectivity index (χ1) is 15.7. The lowest BCUT2D eigenvalue weighted by Crippen LogP contribution is -2.45. The minimum Gasteiger partial charge on any atom is -0.451 e. The molecule has 2 aromatic heterocycles. The molecule has 2 heterocycles. The van der Waals surface area contributed by atoms with Crippen molar-refractivity contribution in [2.45, 2.75) is 0 Å². The molecule has 2 N–H and O–H groups in total. The van der Waals surface area contributed by atoms with Gasteiger partial charge in [0.2, 0.25) is 0 Å². The molecule has 1 aromatic carbocycles. The van der Waals surface area contributed by atoms with E-state index in [2.05, 4.69) is 73.4 Å². The van der Waals surface area contributed by atoms with Gasteiger partial charge in [-0.25, -0.2) is 19.9 Å². The topological polar surface area (TPSA) is 118 Å². The Hall–Kier alpha value is -2.32. The van der Waals surface area contributed by atoms with Crippen molar-refractivity contribution in [2.75, 3.05) is 19.5 Å². The fourth-order valence-electron chi connectivity index (χ4n) is 2.74. The summed E-state index contributed by atoms with van der Waals surface area (Å²) in [7, 11) is 2.52. The smallest absolute Gasteiger partial charge is 0.431 e. The van der Waals surface area contributed by atoms with Crippen LogP contribution in [-0.2, 0) is 4.74 Å². The van der Waals surface area contributed by atoms with Crippen molar-refractivity contribution in [1.29, 1.82) is 0 Å². The number of benzene rings is 1. The zero-order valence-corrected chi connectivity index (χ0v) is 22.4. The molecule has 10 nitrogen and oxygen atoms in total. The third kappa shape index (κ3) is 5.44. The maximum atomic E-state index is 13.2. The third-order valence-corrected chi connectivity index (χ3v) is 5.93. The minimum atomic E-state index is -0.928. The van der Waals surface area contributed by atoms with Gasteiger partial charge in [-0.05, 0) is 56.1 Å². The first-order valence-corrected chi connectivity index (χ1v) is 11.7. The molecule has 172 valence electrons. The molecule has 0 atom stereocenters. The number of hydrazine groups is 1. The largest absolute Gasteiger partial charge is 0.451 e. The number of imide groups is 1. The molecule has 33 heavy (non-hydrogen) atoms. The predicted octanol–water partition coefficient (Wildman–Crippen LogP) is 4.80. The van der Waals surface area contributed by atoms with E-state index in [-0.39, 0.29) is 27.8 Å². The molecule has 3 rings (SSSR count). The highest BCUT2D eigenvalue weighted by atomic mass is 79.9. The summed E-state index contributed by atoms with van der Waals surface area (Å²) >= 11 is 16.1. The first kappa shape index (κ1) is 25.3. The van der Waals surface area contributed by atoms with Crippen LogP contribution in [0.15, 0.2) is 50.1 Å². The number of aromatic nitrogens is 3. The molecular formula is C19H14Br3ClN6O4. The van der Waals surface area contributed by atoms with Crippen LogP contribution in [0.3, 0.4) is 0 Å². The van der Waals surface area contributed by atoms with Gasteiger partial charge in [0.1, 0.15) is 10.3 Å². The van der Waals surface area contributed by atoms with Crippen LogP contribution in [0.25, 0.3) is 5.82 Å². The van der Waals surface area contributed by atoms with E-state index in [1.54, 1.807) is 18.2 Å². The maximum Gasteiger partial charge on any atom is 0.431 e. The lowest BCUT2D eigenvalue weighted by Gasteiger charge is -2.20. The number of methoxy groups -OCH3 is 1. The summed E-state index contributed by atoms with van der Waals surface area (Å²) in [5.74, 6) is -1.13. The number of pyridine rings is 1. The van der Waals surface area contributed by atoms with Gasteiger partial charge in [0, 0.05) is 28.3 Å². The molecule has 0 spiro atoms. The van der Waals surface area contributed by atoms with E-state index in [9.17, 15) is 14.4 Å². The summed E-state index contributed by atoms with van der Waals surface area (Å²) in [6.45, 7) is 0. The zero-order valence-electron chi connectivity index (χ0n) is 16.9. The van der Waals surface area contributed by atoms with Crippen LogP contribution in [0.2, 0.25) is 5.02 Å². The van der Waals surface area contributed by atoms with Gasteiger partial charge in [-0.15, -0.1) is 0 Å². The van der Waals surface area contributed by atoms with Crippen LogP contribution < -0.4 is 10.7 Å². The molecule has 0 fully saturated rings. The monoisotopic (exact) mass is 662 g/mol. The summed E-state index contributed by atoms with van der Waals surface area (Å²) in [6, 6.07) is 7.83. The number of halogens is 4. The highest BCUT2D eigenvalue weighted by Crippen LogP contribution is 2.32. The summed E-state index contributed by atoms with van der Waals surface area (Å²) in [4.78, 5) is 42.5. The van der Waals surface area contributed by atoms with Crippen molar-refractivity contribution < 1.29 is 19.1 Å².